The summed E-state index contributed by atoms with van der Waals surface area (Å²) in [4.78, 5) is 19.6. The summed E-state index contributed by atoms with van der Waals surface area (Å²) in [7, 11) is 3.03. The van der Waals surface area contributed by atoms with E-state index in [2.05, 4.69) is 9.97 Å². The van der Waals surface area contributed by atoms with Gasteiger partial charge in [-0.05, 0) is 24.1 Å². The molecule has 3 rings (SSSR count). The number of anilines is 2. The van der Waals surface area contributed by atoms with E-state index in [0.29, 0.717) is 35.7 Å². The van der Waals surface area contributed by atoms with Crippen LogP contribution in [0.5, 0.6) is 17.2 Å². The Balaban J connectivity index is 2.08. The third kappa shape index (κ3) is 3.89. The summed E-state index contributed by atoms with van der Waals surface area (Å²) >= 11 is 0. The fourth-order valence-corrected chi connectivity index (χ4v) is 3.38. The van der Waals surface area contributed by atoms with E-state index < -0.39 is 18.0 Å². The highest BCUT2D eigenvalue weighted by atomic mass is 16.5. The first-order valence-electron chi connectivity index (χ1n) is 9.11. The molecule has 1 aliphatic heterocycles. The van der Waals surface area contributed by atoms with E-state index in [1.54, 1.807) is 12.3 Å². The number of fused-ring (bicyclic) bond motifs is 1. The lowest BCUT2D eigenvalue weighted by Gasteiger charge is -2.29. The van der Waals surface area contributed by atoms with Crippen LogP contribution in [-0.2, 0) is 11.2 Å². The number of carbonyl (C=O) groups is 1. The molecule has 29 heavy (non-hydrogen) atoms. The van der Waals surface area contributed by atoms with Gasteiger partial charge in [0.05, 0.1) is 20.1 Å². The molecule has 5 N–H and O–H groups in total. The van der Waals surface area contributed by atoms with Crippen LogP contribution in [0.2, 0.25) is 0 Å². The zero-order valence-electron chi connectivity index (χ0n) is 16.5. The summed E-state index contributed by atoms with van der Waals surface area (Å²) < 4.78 is 17.1. The van der Waals surface area contributed by atoms with Crippen LogP contribution in [0, 0.1) is 5.92 Å². The van der Waals surface area contributed by atoms with Crippen molar-refractivity contribution >= 4 is 23.8 Å². The number of carboxylic acids is 1. The van der Waals surface area contributed by atoms with Crippen LogP contribution in [0.1, 0.15) is 30.0 Å². The van der Waals surface area contributed by atoms with Crippen LogP contribution in [-0.4, -0.2) is 41.4 Å². The number of nitrogens with two attached hydrogens (primary N) is 2. The van der Waals surface area contributed by atoms with Crippen molar-refractivity contribution in [1.29, 1.82) is 0 Å². The molecule has 1 aliphatic rings. The van der Waals surface area contributed by atoms with Crippen molar-refractivity contribution in [2.45, 2.75) is 25.9 Å². The van der Waals surface area contributed by atoms with Crippen molar-refractivity contribution in [3.63, 3.8) is 0 Å². The van der Waals surface area contributed by atoms with Gasteiger partial charge < -0.3 is 30.8 Å². The van der Waals surface area contributed by atoms with Crippen LogP contribution in [0.3, 0.4) is 0 Å². The quantitative estimate of drug-likeness (QED) is 0.637. The minimum absolute atomic E-state index is 0.103. The Morgan fingerprint density at radius 3 is 2.66 bits per heavy atom. The van der Waals surface area contributed by atoms with Gasteiger partial charge in [0.25, 0.3) is 0 Å². The number of hydrogen-bond donors (Lipinski definition) is 3. The molecule has 0 spiro atoms. The van der Waals surface area contributed by atoms with Gasteiger partial charge in [-0.3, -0.25) is 4.79 Å². The maximum atomic E-state index is 11.6. The van der Waals surface area contributed by atoms with E-state index in [1.165, 1.54) is 14.2 Å². The van der Waals surface area contributed by atoms with E-state index in [-0.39, 0.29) is 11.8 Å². The smallest absolute Gasteiger partial charge is 0.310 e. The molecule has 2 heterocycles. The molecule has 0 bridgehead atoms. The fraction of sp³-hybridized carbons (Fsp3) is 0.350. The highest BCUT2D eigenvalue weighted by Gasteiger charge is 2.32. The Kier molecular flexibility index (Phi) is 5.76. The predicted molar refractivity (Wildman–Crippen MR) is 108 cm³/mol. The molecule has 0 saturated heterocycles. The lowest BCUT2D eigenvalue weighted by atomic mass is 9.92. The van der Waals surface area contributed by atoms with E-state index in [1.807, 2.05) is 19.1 Å². The van der Waals surface area contributed by atoms with Gasteiger partial charge >= 0.3 is 5.97 Å². The Hall–Kier alpha value is -3.49. The molecular weight excluding hydrogens is 376 g/mol. The highest BCUT2D eigenvalue weighted by molar-refractivity contribution is 5.75. The summed E-state index contributed by atoms with van der Waals surface area (Å²) in [5.41, 5.74) is 13.9. The minimum Gasteiger partial charge on any atom is -0.493 e. The zero-order valence-corrected chi connectivity index (χ0v) is 16.5. The van der Waals surface area contributed by atoms with Crippen LogP contribution in [0.15, 0.2) is 18.3 Å². The van der Waals surface area contributed by atoms with Crippen LogP contribution >= 0.6 is 0 Å². The first-order valence-corrected chi connectivity index (χ1v) is 9.11. The molecule has 0 radical (unpaired) electrons. The van der Waals surface area contributed by atoms with Gasteiger partial charge in [0.1, 0.15) is 11.9 Å². The van der Waals surface area contributed by atoms with E-state index in [0.717, 1.165) is 11.1 Å². The number of rotatable bonds is 7. The number of aromatic nitrogens is 2. The predicted octanol–water partition coefficient (Wildman–Crippen LogP) is 2.13. The van der Waals surface area contributed by atoms with Crippen molar-refractivity contribution in [3.05, 3.63) is 35.0 Å². The maximum Gasteiger partial charge on any atom is 0.310 e. The average molecular weight is 400 g/mol. The normalized spacial score (nSPS) is 15.9. The number of ether oxygens (including phenoxy) is 3. The SMILES string of the molecule is CCC(C(=O)O)C1C=Cc2c(Cc3cnc(N)nc3N)cc(OC)c(OC)c2O1. The number of nitrogen functional groups attached to an aromatic ring is 2. The average Bonchev–Trinajstić information content (AvgIpc) is 2.69. The topological polar surface area (TPSA) is 143 Å². The van der Waals surface area contributed by atoms with Gasteiger partial charge in [-0.25, -0.2) is 4.98 Å². The van der Waals surface area contributed by atoms with Gasteiger partial charge in [-0.2, -0.15) is 4.98 Å². The van der Waals surface area contributed by atoms with Crippen LogP contribution < -0.4 is 25.7 Å². The third-order valence-corrected chi connectivity index (χ3v) is 4.91. The number of aliphatic carboxylic acids is 1. The maximum absolute atomic E-state index is 11.6. The molecule has 0 amide bonds. The van der Waals surface area contributed by atoms with Crippen LogP contribution in [0.4, 0.5) is 11.8 Å². The minimum atomic E-state index is -0.917. The summed E-state index contributed by atoms with van der Waals surface area (Å²) in [5.74, 6) is 0.0989. The second-order valence-corrected chi connectivity index (χ2v) is 6.62. The molecule has 154 valence electrons. The largest absolute Gasteiger partial charge is 0.493 e. The molecule has 1 aromatic heterocycles. The molecule has 2 aromatic rings. The molecule has 9 nitrogen and oxygen atoms in total. The molecular formula is C20H24N4O5. The standard InChI is InChI=1S/C20H24N4O5/c1-4-12(19(25)26)14-6-5-13-10(7-11-9-23-20(22)24-18(11)21)8-15(27-2)17(28-3)16(13)29-14/h5-6,8-9,12,14H,4,7H2,1-3H3,(H,25,26)(H4,21,22,23,24). The molecule has 9 heteroatoms. The lowest BCUT2D eigenvalue weighted by molar-refractivity contribution is -0.144. The second kappa shape index (κ2) is 8.26. The molecule has 0 saturated carbocycles. The van der Waals surface area contributed by atoms with E-state index >= 15 is 0 Å². The van der Waals surface area contributed by atoms with E-state index in [9.17, 15) is 9.90 Å². The monoisotopic (exact) mass is 400 g/mol. The van der Waals surface area contributed by atoms with Crippen molar-refractivity contribution in [3.8, 4) is 17.2 Å². The first kappa shape index (κ1) is 20.2. The summed E-state index contributed by atoms with van der Waals surface area (Å²) in [6, 6.07) is 1.83. The second-order valence-electron chi connectivity index (χ2n) is 6.62. The van der Waals surface area contributed by atoms with Crippen LogP contribution in [0.25, 0.3) is 6.08 Å². The van der Waals surface area contributed by atoms with Crippen molar-refractivity contribution < 1.29 is 24.1 Å². The van der Waals surface area contributed by atoms with Gasteiger partial charge in [0, 0.05) is 23.7 Å². The Morgan fingerprint density at radius 2 is 2.07 bits per heavy atom. The Bertz CT molecular complexity index is 960. The number of benzene rings is 1. The van der Waals surface area contributed by atoms with Crippen molar-refractivity contribution in [2.75, 3.05) is 25.7 Å². The molecule has 2 atom stereocenters. The highest BCUT2D eigenvalue weighted by Crippen LogP contribution is 2.46. The molecule has 0 fully saturated rings. The number of carboxylic acid groups (broad SMARTS) is 1. The lowest BCUT2D eigenvalue weighted by Crippen LogP contribution is -2.32. The number of methoxy groups -OCH3 is 2. The molecule has 2 unspecified atom stereocenters. The van der Waals surface area contributed by atoms with Gasteiger partial charge in [-0.15, -0.1) is 0 Å². The Morgan fingerprint density at radius 1 is 1.31 bits per heavy atom. The van der Waals surface area contributed by atoms with Crippen molar-refractivity contribution in [1.82, 2.24) is 9.97 Å². The fourth-order valence-electron chi connectivity index (χ4n) is 3.38. The Labute approximate surface area is 168 Å². The number of hydrogen-bond acceptors (Lipinski definition) is 8. The molecule has 0 aliphatic carbocycles. The summed E-state index contributed by atoms with van der Waals surface area (Å²) in [6.45, 7) is 1.81. The number of nitrogens with zero attached hydrogens (tertiary/aromatic N) is 2. The van der Waals surface area contributed by atoms with Gasteiger partial charge in [-0.1, -0.05) is 13.0 Å². The van der Waals surface area contributed by atoms with E-state index in [4.69, 9.17) is 25.7 Å². The van der Waals surface area contributed by atoms with Gasteiger partial charge in [0.2, 0.25) is 11.7 Å². The zero-order chi connectivity index (χ0) is 21.1. The first-order chi connectivity index (χ1) is 13.9. The summed E-state index contributed by atoms with van der Waals surface area (Å²) in [6.07, 6.45) is 5.39. The summed E-state index contributed by atoms with van der Waals surface area (Å²) in [5, 5.41) is 9.50. The third-order valence-electron chi connectivity index (χ3n) is 4.91. The van der Waals surface area contributed by atoms with Crippen molar-refractivity contribution in [2.24, 2.45) is 5.92 Å². The molecule has 1 aromatic carbocycles. The van der Waals surface area contributed by atoms with Gasteiger partial charge in [0.15, 0.2) is 11.5 Å².